The predicted molar refractivity (Wildman–Crippen MR) is 66.8 cm³/mol. The number of aromatic nitrogens is 2. The van der Waals surface area contributed by atoms with E-state index in [1.54, 1.807) is 18.3 Å². The molecule has 0 aliphatic carbocycles. The zero-order valence-electron chi connectivity index (χ0n) is 9.15. The van der Waals surface area contributed by atoms with E-state index >= 15 is 0 Å². The Morgan fingerprint density at radius 2 is 2.35 bits per heavy atom. The van der Waals surface area contributed by atoms with Gasteiger partial charge in [0.15, 0.2) is 0 Å². The minimum atomic E-state index is -0.337. The maximum absolute atomic E-state index is 13.8. The summed E-state index contributed by atoms with van der Waals surface area (Å²) in [7, 11) is 0. The standard InChI is InChI=1S/C11H11ClFN3S/c1-2-14-11(10-6-15-17-16-10)8-4-3-7(12)5-9(8)13/h3-6,11,14H,2H2,1H3. The number of nitrogens with one attached hydrogen (secondary N) is 1. The number of halogens is 2. The van der Waals surface area contributed by atoms with Crippen LogP contribution in [0.1, 0.15) is 24.2 Å². The molecule has 1 heterocycles. The number of rotatable bonds is 4. The quantitative estimate of drug-likeness (QED) is 0.929. The molecule has 0 saturated heterocycles. The second-order valence-electron chi connectivity index (χ2n) is 3.49. The van der Waals surface area contributed by atoms with Gasteiger partial charge in [-0.2, -0.15) is 8.75 Å². The van der Waals surface area contributed by atoms with E-state index in [9.17, 15) is 4.39 Å². The van der Waals surface area contributed by atoms with Gasteiger partial charge < -0.3 is 5.32 Å². The fourth-order valence-electron chi connectivity index (χ4n) is 1.61. The topological polar surface area (TPSA) is 37.8 Å². The molecule has 90 valence electrons. The fourth-order valence-corrected chi connectivity index (χ4v) is 2.22. The van der Waals surface area contributed by atoms with E-state index in [0.29, 0.717) is 17.1 Å². The number of benzene rings is 1. The van der Waals surface area contributed by atoms with Crippen molar-refractivity contribution in [3.05, 3.63) is 46.5 Å². The zero-order valence-corrected chi connectivity index (χ0v) is 10.7. The maximum atomic E-state index is 13.8. The van der Waals surface area contributed by atoms with Crippen LogP contribution in [0.5, 0.6) is 0 Å². The highest BCUT2D eigenvalue weighted by atomic mass is 35.5. The van der Waals surface area contributed by atoms with Crippen molar-refractivity contribution >= 4 is 23.3 Å². The normalized spacial score (nSPS) is 12.6. The minimum Gasteiger partial charge on any atom is -0.305 e. The van der Waals surface area contributed by atoms with Crippen molar-refractivity contribution < 1.29 is 4.39 Å². The van der Waals surface area contributed by atoms with E-state index in [0.717, 1.165) is 17.4 Å². The SMILES string of the molecule is CCNC(c1cnsn1)c1ccc(Cl)cc1F. The molecular weight excluding hydrogens is 261 g/mol. The Kier molecular flexibility index (Phi) is 4.04. The van der Waals surface area contributed by atoms with Crippen molar-refractivity contribution in [2.75, 3.05) is 6.54 Å². The third-order valence-electron chi connectivity index (χ3n) is 2.36. The van der Waals surface area contributed by atoms with Crippen molar-refractivity contribution in [2.24, 2.45) is 0 Å². The van der Waals surface area contributed by atoms with E-state index < -0.39 is 0 Å². The van der Waals surface area contributed by atoms with Crippen molar-refractivity contribution in [2.45, 2.75) is 13.0 Å². The van der Waals surface area contributed by atoms with Gasteiger partial charge in [0.1, 0.15) is 5.82 Å². The van der Waals surface area contributed by atoms with Crippen LogP contribution in [0.2, 0.25) is 5.02 Å². The summed E-state index contributed by atoms with van der Waals surface area (Å²) in [5, 5.41) is 3.57. The first-order valence-electron chi connectivity index (χ1n) is 5.18. The molecule has 3 nitrogen and oxygen atoms in total. The van der Waals surface area contributed by atoms with Crippen LogP contribution in [0.3, 0.4) is 0 Å². The second-order valence-corrected chi connectivity index (χ2v) is 4.48. The molecule has 0 spiro atoms. The van der Waals surface area contributed by atoms with Gasteiger partial charge in [-0.15, -0.1) is 0 Å². The molecule has 1 atom stereocenters. The van der Waals surface area contributed by atoms with E-state index in [1.165, 1.54) is 6.07 Å². The molecule has 0 aliphatic rings. The molecule has 0 amide bonds. The largest absolute Gasteiger partial charge is 0.305 e. The molecule has 0 fully saturated rings. The lowest BCUT2D eigenvalue weighted by Crippen LogP contribution is -2.23. The fraction of sp³-hybridized carbons (Fsp3) is 0.273. The Morgan fingerprint density at radius 3 is 2.94 bits per heavy atom. The highest BCUT2D eigenvalue weighted by Gasteiger charge is 2.19. The first-order valence-corrected chi connectivity index (χ1v) is 6.29. The maximum Gasteiger partial charge on any atom is 0.129 e. The summed E-state index contributed by atoms with van der Waals surface area (Å²) in [5.74, 6) is -0.337. The van der Waals surface area contributed by atoms with Gasteiger partial charge >= 0.3 is 0 Å². The minimum absolute atomic E-state index is 0.281. The van der Waals surface area contributed by atoms with Crippen molar-refractivity contribution in [3.8, 4) is 0 Å². The predicted octanol–water partition coefficient (Wildman–Crippen LogP) is 3.03. The summed E-state index contributed by atoms with van der Waals surface area (Å²) < 4.78 is 21.9. The highest BCUT2D eigenvalue weighted by Crippen LogP contribution is 2.25. The third-order valence-corrected chi connectivity index (χ3v) is 3.08. The summed E-state index contributed by atoms with van der Waals surface area (Å²) in [6.45, 7) is 2.67. The highest BCUT2D eigenvalue weighted by molar-refractivity contribution is 6.99. The van der Waals surface area contributed by atoms with E-state index in [2.05, 4.69) is 14.1 Å². The number of nitrogens with zero attached hydrogens (tertiary/aromatic N) is 2. The lowest BCUT2D eigenvalue weighted by Gasteiger charge is -2.16. The molecule has 1 N–H and O–H groups in total. The molecule has 17 heavy (non-hydrogen) atoms. The molecule has 1 aromatic carbocycles. The number of hydrogen-bond acceptors (Lipinski definition) is 4. The van der Waals surface area contributed by atoms with Gasteiger partial charge in [-0.3, -0.25) is 0 Å². The lowest BCUT2D eigenvalue weighted by molar-refractivity contribution is 0.554. The van der Waals surface area contributed by atoms with Crippen LogP contribution < -0.4 is 5.32 Å². The Labute approximate surface area is 108 Å². The van der Waals surface area contributed by atoms with Crippen LogP contribution in [0.15, 0.2) is 24.4 Å². The van der Waals surface area contributed by atoms with Crippen LogP contribution in [0.25, 0.3) is 0 Å². The molecule has 1 unspecified atom stereocenters. The molecule has 6 heteroatoms. The molecular formula is C11H11ClFN3S. The van der Waals surface area contributed by atoms with Crippen molar-refractivity contribution in [1.82, 2.24) is 14.1 Å². The first-order chi connectivity index (χ1) is 8.22. The second kappa shape index (κ2) is 5.53. The van der Waals surface area contributed by atoms with E-state index in [1.807, 2.05) is 6.92 Å². The van der Waals surface area contributed by atoms with Crippen molar-refractivity contribution in [3.63, 3.8) is 0 Å². The van der Waals surface area contributed by atoms with Crippen LogP contribution in [0.4, 0.5) is 4.39 Å². The van der Waals surface area contributed by atoms with Gasteiger partial charge in [0.2, 0.25) is 0 Å². The molecule has 0 bridgehead atoms. The average molecular weight is 272 g/mol. The van der Waals surface area contributed by atoms with Gasteiger partial charge in [0.25, 0.3) is 0 Å². The average Bonchev–Trinajstić information content (AvgIpc) is 2.80. The van der Waals surface area contributed by atoms with Gasteiger partial charge in [-0.05, 0) is 18.7 Å². The van der Waals surface area contributed by atoms with Crippen molar-refractivity contribution in [1.29, 1.82) is 0 Å². The number of hydrogen-bond donors (Lipinski definition) is 1. The lowest BCUT2D eigenvalue weighted by atomic mass is 10.0. The summed E-state index contributed by atoms with van der Waals surface area (Å²) in [6, 6.07) is 4.37. The Morgan fingerprint density at radius 1 is 1.53 bits per heavy atom. The van der Waals surface area contributed by atoms with Crippen LogP contribution >= 0.6 is 23.3 Å². The van der Waals surface area contributed by atoms with Gasteiger partial charge in [0.05, 0.1) is 29.7 Å². The molecule has 0 radical (unpaired) electrons. The molecule has 0 aliphatic heterocycles. The van der Waals surface area contributed by atoms with Gasteiger partial charge in [0, 0.05) is 10.6 Å². The molecule has 0 saturated carbocycles. The Hall–Kier alpha value is -1.04. The van der Waals surface area contributed by atoms with E-state index in [-0.39, 0.29) is 11.9 Å². The summed E-state index contributed by atoms with van der Waals surface area (Å²) in [6.07, 6.45) is 1.64. The van der Waals surface area contributed by atoms with Crippen LogP contribution in [0, 0.1) is 5.82 Å². The first kappa shape index (κ1) is 12.4. The summed E-state index contributed by atoms with van der Waals surface area (Å²) >= 11 is 6.85. The molecule has 1 aromatic heterocycles. The van der Waals surface area contributed by atoms with Gasteiger partial charge in [-0.1, -0.05) is 24.6 Å². The zero-order chi connectivity index (χ0) is 12.3. The van der Waals surface area contributed by atoms with Crippen LogP contribution in [-0.2, 0) is 0 Å². The van der Waals surface area contributed by atoms with Gasteiger partial charge in [-0.25, -0.2) is 4.39 Å². The monoisotopic (exact) mass is 271 g/mol. The van der Waals surface area contributed by atoms with E-state index in [4.69, 9.17) is 11.6 Å². The Balaban J connectivity index is 2.39. The van der Waals surface area contributed by atoms with Crippen LogP contribution in [-0.4, -0.2) is 15.3 Å². The smallest absolute Gasteiger partial charge is 0.129 e. The summed E-state index contributed by atoms with van der Waals surface area (Å²) in [5.41, 5.74) is 1.25. The summed E-state index contributed by atoms with van der Waals surface area (Å²) in [4.78, 5) is 0. The third kappa shape index (κ3) is 2.80. The Bertz CT molecular complexity index is 489. The molecule has 2 aromatic rings. The molecule has 2 rings (SSSR count).